The molecule has 96 valence electrons. The summed E-state index contributed by atoms with van der Waals surface area (Å²) in [5.41, 5.74) is 5.45. The Morgan fingerprint density at radius 3 is 2.50 bits per heavy atom. The maximum atomic E-state index is 8.49. The van der Waals surface area contributed by atoms with E-state index in [-0.39, 0.29) is 0 Å². The van der Waals surface area contributed by atoms with Crippen molar-refractivity contribution in [1.29, 1.82) is 0 Å². The Hall–Kier alpha value is -0.890. The Labute approximate surface area is 110 Å². The molecule has 0 fully saturated rings. The summed E-state index contributed by atoms with van der Waals surface area (Å²) in [6.45, 7) is 0. The summed E-state index contributed by atoms with van der Waals surface area (Å²) in [4.78, 5) is 3.47. The number of thioether (sulfide) groups is 1. The number of fused-ring (bicyclic) bond motifs is 3. The van der Waals surface area contributed by atoms with Gasteiger partial charge in [-0.2, -0.15) is 0 Å². The molecule has 1 aromatic rings. The quantitative estimate of drug-likeness (QED) is 0.535. The molecule has 2 aliphatic rings. The van der Waals surface area contributed by atoms with Gasteiger partial charge >= 0.3 is 0 Å². The summed E-state index contributed by atoms with van der Waals surface area (Å²) in [6, 6.07) is 8.51. The summed E-state index contributed by atoms with van der Waals surface area (Å²) in [6.07, 6.45) is 1.17. The molecule has 3 rings (SSSR count). The lowest BCUT2D eigenvalue weighted by Crippen LogP contribution is -2.68. The van der Waals surface area contributed by atoms with E-state index in [1.807, 2.05) is 11.8 Å². The molecule has 2 heterocycles. The normalized spacial score (nSPS) is 16.9. The van der Waals surface area contributed by atoms with Crippen LogP contribution in [0.25, 0.3) is 5.57 Å². The average molecular weight is 288 g/mol. The van der Waals surface area contributed by atoms with Crippen LogP contribution in [0.4, 0.5) is 5.69 Å². The highest BCUT2D eigenvalue weighted by Gasteiger charge is 2.28. The first-order valence-electron chi connectivity index (χ1n) is 5.11. The first kappa shape index (κ1) is 13.5. The van der Waals surface area contributed by atoms with E-state index in [4.69, 9.17) is 18.6 Å². The second-order valence-corrected chi connectivity index (χ2v) is 5.41. The molecule has 0 unspecified atom stereocenters. The standard InChI is InChI=1S/C11H9NS.ClHO4/c1-2-4-10-8(3-1)9-7-13-6-5-11(9)12-10;2-1(3,4)5/h1-4,7H,5-6H2;(H,2,3,4,5). The lowest BCUT2D eigenvalue weighted by atomic mass is 10.0. The summed E-state index contributed by atoms with van der Waals surface area (Å²) in [5.74, 6) is 1.21. The van der Waals surface area contributed by atoms with Crippen molar-refractivity contribution in [2.45, 2.75) is 6.42 Å². The fourth-order valence-electron chi connectivity index (χ4n) is 1.85. The molecule has 0 amide bonds. The minimum Gasteiger partial charge on any atom is -0.222 e. The highest BCUT2D eigenvalue weighted by molar-refractivity contribution is 8.02. The van der Waals surface area contributed by atoms with Crippen LogP contribution in [-0.4, -0.2) is 11.5 Å². The van der Waals surface area contributed by atoms with E-state index in [1.54, 1.807) is 0 Å². The highest BCUT2D eigenvalue weighted by Crippen LogP contribution is 2.31. The zero-order valence-electron chi connectivity index (χ0n) is 9.22. The third-order valence-corrected chi connectivity index (χ3v) is 3.34. The molecule has 0 saturated carbocycles. The number of allylic oxidation sites excluding steroid dienone is 1. The van der Waals surface area contributed by atoms with Crippen molar-refractivity contribution >= 4 is 28.7 Å². The predicted molar refractivity (Wildman–Crippen MR) is 57.1 cm³/mol. The van der Waals surface area contributed by atoms with Crippen LogP contribution in [0.1, 0.15) is 12.0 Å². The van der Waals surface area contributed by atoms with E-state index < -0.39 is 10.2 Å². The Morgan fingerprint density at radius 2 is 1.78 bits per heavy atom. The lowest BCUT2D eigenvalue weighted by Gasteiger charge is -2.17. The Morgan fingerprint density at radius 1 is 1.11 bits per heavy atom. The lowest BCUT2D eigenvalue weighted by molar-refractivity contribution is -2.00. The molecule has 5 nitrogen and oxygen atoms in total. The zero-order valence-corrected chi connectivity index (χ0v) is 10.8. The van der Waals surface area contributed by atoms with Crippen molar-refractivity contribution in [2.75, 3.05) is 5.75 Å². The number of hydrogen-bond donors (Lipinski definition) is 1. The van der Waals surface area contributed by atoms with Gasteiger partial charge in [0, 0.05) is 18.2 Å². The Balaban J connectivity index is 0.000000209. The van der Waals surface area contributed by atoms with Crippen LogP contribution in [0, 0.1) is 10.2 Å². The zero-order chi connectivity index (χ0) is 13.2. The minimum atomic E-state index is -4.94. The minimum absolute atomic E-state index is 1.17. The summed E-state index contributed by atoms with van der Waals surface area (Å²) >= 11 is 1.91. The molecule has 0 aromatic heterocycles. The fourth-order valence-corrected chi connectivity index (χ4v) is 2.73. The summed E-state index contributed by atoms with van der Waals surface area (Å²) in [7, 11) is -4.94. The van der Waals surface area contributed by atoms with E-state index in [0.29, 0.717) is 0 Å². The smallest absolute Gasteiger partial charge is 0.211 e. The number of hydrogen-bond acceptors (Lipinski definition) is 5. The molecular formula is C11H10ClNO4S. The average Bonchev–Trinajstić information content (AvgIpc) is 2.65. The number of rotatable bonds is 0. The van der Waals surface area contributed by atoms with Crippen LogP contribution >= 0.6 is 11.8 Å². The van der Waals surface area contributed by atoms with E-state index in [0.717, 1.165) is 0 Å². The second kappa shape index (κ2) is 5.40. The number of para-hydroxylation sites is 1. The van der Waals surface area contributed by atoms with Gasteiger partial charge in [0.1, 0.15) is 0 Å². The van der Waals surface area contributed by atoms with E-state index >= 15 is 0 Å². The Kier molecular flexibility index (Phi) is 4.06. The summed E-state index contributed by atoms with van der Waals surface area (Å²) < 4.78 is 34.0. The van der Waals surface area contributed by atoms with Crippen molar-refractivity contribution in [3.8, 4) is 0 Å². The topological polar surface area (TPSA) is 106 Å². The first-order chi connectivity index (χ1) is 8.45. The van der Waals surface area contributed by atoms with Gasteiger partial charge in [-0.1, -0.05) is 12.1 Å². The molecule has 18 heavy (non-hydrogen) atoms. The number of benzene rings is 1. The maximum Gasteiger partial charge on any atom is 0.211 e. The molecule has 0 aliphatic carbocycles. The van der Waals surface area contributed by atoms with Crippen molar-refractivity contribution in [3.05, 3.63) is 35.2 Å². The van der Waals surface area contributed by atoms with Crippen LogP contribution < -0.4 is 23.6 Å². The molecule has 1 aromatic carbocycles. The first-order valence-corrected chi connectivity index (χ1v) is 7.39. The molecule has 0 saturated heterocycles. The SMILES string of the molecule is C1=C2C(=[NH+]c3ccccc32)CCS1.[O-][Cl+3]([O-])([O-])[O-]. The monoisotopic (exact) mass is 287 g/mol. The van der Waals surface area contributed by atoms with Crippen LogP contribution in [0.5, 0.6) is 0 Å². The second-order valence-electron chi connectivity index (χ2n) is 3.68. The van der Waals surface area contributed by atoms with Crippen molar-refractivity contribution in [2.24, 2.45) is 0 Å². The van der Waals surface area contributed by atoms with Crippen molar-refractivity contribution < 1.29 is 33.9 Å². The Bertz CT molecular complexity index is 504. The van der Waals surface area contributed by atoms with E-state index in [2.05, 4.69) is 34.7 Å². The number of nitrogens with one attached hydrogen (secondary N) is 1. The fraction of sp³-hybridized carbons (Fsp3) is 0.182. The van der Waals surface area contributed by atoms with Gasteiger partial charge in [0.05, 0.1) is 11.1 Å². The molecule has 0 bridgehead atoms. The number of halogens is 1. The van der Waals surface area contributed by atoms with E-state index in [9.17, 15) is 0 Å². The predicted octanol–water partition coefficient (Wildman–Crippen LogP) is -3.42. The van der Waals surface area contributed by atoms with Gasteiger partial charge in [0.2, 0.25) is 5.69 Å². The van der Waals surface area contributed by atoms with Gasteiger partial charge < -0.3 is 0 Å². The molecular weight excluding hydrogens is 278 g/mol. The summed E-state index contributed by atoms with van der Waals surface area (Å²) in [5, 5.41) is 2.28. The van der Waals surface area contributed by atoms with Crippen molar-refractivity contribution in [3.63, 3.8) is 0 Å². The molecule has 1 N–H and O–H groups in total. The van der Waals surface area contributed by atoms with Crippen LogP contribution in [0.2, 0.25) is 0 Å². The van der Waals surface area contributed by atoms with Gasteiger partial charge in [-0.3, -0.25) is 0 Å². The molecule has 0 spiro atoms. The van der Waals surface area contributed by atoms with Crippen LogP contribution in [-0.2, 0) is 0 Å². The van der Waals surface area contributed by atoms with Gasteiger partial charge in [0.15, 0.2) is 5.71 Å². The maximum absolute atomic E-state index is 8.49. The van der Waals surface area contributed by atoms with Gasteiger partial charge in [0.25, 0.3) is 0 Å². The van der Waals surface area contributed by atoms with Crippen molar-refractivity contribution in [1.82, 2.24) is 0 Å². The third kappa shape index (κ3) is 3.55. The third-order valence-electron chi connectivity index (χ3n) is 2.50. The van der Waals surface area contributed by atoms with Crippen LogP contribution in [0.3, 0.4) is 0 Å². The highest BCUT2D eigenvalue weighted by atomic mass is 35.7. The van der Waals surface area contributed by atoms with Gasteiger partial charge in [-0.05, 0) is 11.5 Å². The largest absolute Gasteiger partial charge is 0.222 e. The molecule has 0 atom stereocenters. The van der Waals surface area contributed by atoms with E-state index in [1.165, 1.54) is 34.7 Å². The molecule has 7 heteroatoms. The van der Waals surface area contributed by atoms with Gasteiger partial charge in [-0.25, -0.2) is 23.6 Å². The van der Waals surface area contributed by atoms with Crippen LogP contribution in [0.15, 0.2) is 29.7 Å². The molecule has 0 radical (unpaired) electrons. The molecule has 2 aliphatic heterocycles. The van der Waals surface area contributed by atoms with Gasteiger partial charge in [-0.15, -0.1) is 22.0 Å².